The average Bonchev–Trinajstić information content (AvgIpc) is 2.49. The summed E-state index contributed by atoms with van der Waals surface area (Å²) in [6.07, 6.45) is 1.46. The first-order valence-electron chi connectivity index (χ1n) is 6.39. The number of hydrazone groups is 1. The van der Waals surface area contributed by atoms with Crippen molar-refractivity contribution in [3.63, 3.8) is 0 Å². The van der Waals surface area contributed by atoms with Crippen molar-refractivity contribution in [2.24, 2.45) is 5.10 Å². The Bertz CT molecular complexity index is 815. The van der Waals surface area contributed by atoms with Gasteiger partial charge in [0.1, 0.15) is 17.3 Å². The second kappa shape index (κ2) is 5.50. The second-order valence-corrected chi connectivity index (χ2v) is 4.50. The van der Waals surface area contributed by atoms with Crippen LogP contribution in [0.15, 0.2) is 59.7 Å². The largest absolute Gasteiger partial charge is 0.508 e. The molecule has 3 rings (SSSR count). The highest BCUT2D eigenvalue weighted by Gasteiger charge is 1.99. The van der Waals surface area contributed by atoms with Crippen LogP contribution in [0.3, 0.4) is 0 Å². The van der Waals surface area contributed by atoms with Gasteiger partial charge in [-0.25, -0.2) is 4.98 Å². The zero-order chi connectivity index (χ0) is 14.7. The summed E-state index contributed by atoms with van der Waals surface area (Å²) in [6, 6.07) is 15.9. The molecule has 5 heteroatoms. The summed E-state index contributed by atoms with van der Waals surface area (Å²) in [6.45, 7) is 0. The molecule has 0 aliphatic heterocycles. The molecule has 0 aliphatic carbocycles. The highest BCUT2D eigenvalue weighted by molar-refractivity contribution is 5.84. The monoisotopic (exact) mass is 279 g/mol. The van der Waals surface area contributed by atoms with Crippen molar-refractivity contribution < 1.29 is 10.2 Å². The number of aromatic hydroxyl groups is 2. The fourth-order valence-corrected chi connectivity index (χ4v) is 1.94. The van der Waals surface area contributed by atoms with Gasteiger partial charge in [-0.15, -0.1) is 0 Å². The predicted molar refractivity (Wildman–Crippen MR) is 82.7 cm³/mol. The van der Waals surface area contributed by atoms with E-state index >= 15 is 0 Å². The number of aromatic nitrogens is 1. The molecule has 0 radical (unpaired) electrons. The third-order valence-electron chi connectivity index (χ3n) is 3.00. The van der Waals surface area contributed by atoms with Crippen molar-refractivity contribution in [2.75, 3.05) is 5.43 Å². The van der Waals surface area contributed by atoms with Gasteiger partial charge in [-0.05, 0) is 30.3 Å². The Morgan fingerprint density at radius 3 is 2.71 bits per heavy atom. The molecular weight excluding hydrogens is 266 g/mol. The Balaban J connectivity index is 1.77. The molecule has 3 N–H and O–H groups in total. The summed E-state index contributed by atoms with van der Waals surface area (Å²) in [5, 5.41) is 23.9. The van der Waals surface area contributed by atoms with Crippen LogP contribution >= 0.6 is 0 Å². The minimum absolute atomic E-state index is 0.00815. The molecule has 0 bridgehead atoms. The Hall–Kier alpha value is -3.08. The lowest BCUT2D eigenvalue weighted by atomic mass is 10.2. The molecule has 1 heterocycles. The van der Waals surface area contributed by atoms with Gasteiger partial charge in [-0.3, -0.25) is 5.43 Å². The number of phenolic OH excluding ortho intramolecular Hbond substituents is 2. The minimum Gasteiger partial charge on any atom is -0.508 e. The van der Waals surface area contributed by atoms with Gasteiger partial charge >= 0.3 is 0 Å². The Labute approximate surface area is 121 Å². The van der Waals surface area contributed by atoms with E-state index < -0.39 is 0 Å². The molecule has 0 saturated carbocycles. The molecular formula is C16H13N3O2. The normalized spacial score (nSPS) is 11.0. The molecule has 1 aromatic heterocycles. The van der Waals surface area contributed by atoms with E-state index in [2.05, 4.69) is 15.5 Å². The van der Waals surface area contributed by atoms with Crippen molar-refractivity contribution in [2.45, 2.75) is 0 Å². The van der Waals surface area contributed by atoms with E-state index in [1.807, 2.05) is 36.4 Å². The van der Waals surface area contributed by atoms with Gasteiger partial charge in [0.05, 0.1) is 11.7 Å². The summed E-state index contributed by atoms with van der Waals surface area (Å²) < 4.78 is 0. The maximum Gasteiger partial charge on any atom is 0.146 e. The third-order valence-corrected chi connectivity index (χ3v) is 3.00. The highest BCUT2D eigenvalue weighted by atomic mass is 16.3. The smallest absolute Gasteiger partial charge is 0.146 e. The average molecular weight is 279 g/mol. The molecule has 21 heavy (non-hydrogen) atoms. The zero-order valence-electron chi connectivity index (χ0n) is 11.1. The summed E-state index contributed by atoms with van der Waals surface area (Å²) in [5.41, 5.74) is 4.19. The van der Waals surface area contributed by atoms with Crippen LogP contribution in [0, 0.1) is 0 Å². The predicted octanol–water partition coefficient (Wildman–Crippen LogP) is 3.09. The van der Waals surface area contributed by atoms with Crippen LogP contribution in [-0.2, 0) is 0 Å². The van der Waals surface area contributed by atoms with Gasteiger partial charge in [0.25, 0.3) is 0 Å². The number of hydrogen-bond donors (Lipinski definition) is 3. The molecule has 0 spiro atoms. The number of nitrogens with one attached hydrogen (secondary N) is 1. The van der Waals surface area contributed by atoms with Crippen LogP contribution in [0.5, 0.6) is 11.5 Å². The van der Waals surface area contributed by atoms with E-state index in [9.17, 15) is 10.2 Å². The summed E-state index contributed by atoms with van der Waals surface area (Å²) >= 11 is 0. The van der Waals surface area contributed by atoms with Gasteiger partial charge in [0, 0.05) is 17.0 Å². The van der Waals surface area contributed by atoms with E-state index in [0.717, 1.165) is 10.9 Å². The van der Waals surface area contributed by atoms with E-state index in [4.69, 9.17) is 0 Å². The molecule has 0 unspecified atom stereocenters. The number of para-hydroxylation sites is 1. The van der Waals surface area contributed by atoms with Gasteiger partial charge in [-0.1, -0.05) is 18.2 Å². The lowest BCUT2D eigenvalue weighted by Gasteiger charge is -2.02. The molecule has 0 fully saturated rings. The first-order chi connectivity index (χ1) is 10.2. The SMILES string of the molecule is Oc1ccc(C=NNc2ccc3ccccc3n2)c(O)c1. The fourth-order valence-electron chi connectivity index (χ4n) is 1.94. The minimum atomic E-state index is -0.0352. The molecule has 0 aliphatic rings. The van der Waals surface area contributed by atoms with Crippen LogP contribution < -0.4 is 5.43 Å². The highest BCUT2D eigenvalue weighted by Crippen LogP contribution is 2.21. The maximum atomic E-state index is 9.64. The third kappa shape index (κ3) is 2.92. The standard InChI is InChI=1S/C16H13N3O2/c20-13-7-5-12(15(21)9-13)10-17-19-16-8-6-11-3-1-2-4-14(11)18-16/h1-10,20-21H,(H,18,19). The number of anilines is 1. The molecule has 104 valence electrons. The Morgan fingerprint density at radius 1 is 1.00 bits per heavy atom. The zero-order valence-corrected chi connectivity index (χ0v) is 11.1. The summed E-state index contributed by atoms with van der Waals surface area (Å²) in [5.74, 6) is 0.587. The van der Waals surface area contributed by atoms with E-state index in [0.29, 0.717) is 11.4 Å². The van der Waals surface area contributed by atoms with Gasteiger partial charge in [-0.2, -0.15) is 5.10 Å². The first kappa shape index (κ1) is 12.9. The number of nitrogens with zero attached hydrogens (tertiary/aromatic N) is 2. The second-order valence-electron chi connectivity index (χ2n) is 4.50. The molecule has 0 amide bonds. The number of rotatable bonds is 3. The van der Waals surface area contributed by atoms with Gasteiger partial charge in [0.15, 0.2) is 0 Å². The summed E-state index contributed by atoms with van der Waals surface area (Å²) in [7, 11) is 0. The van der Waals surface area contributed by atoms with E-state index in [-0.39, 0.29) is 11.5 Å². The number of fused-ring (bicyclic) bond motifs is 1. The lowest BCUT2D eigenvalue weighted by molar-refractivity contribution is 0.450. The molecule has 3 aromatic rings. The van der Waals surface area contributed by atoms with Crippen molar-refractivity contribution in [3.8, 4) is 11.5 Å². The maximum absolute atomic E-state index is 9.64. The quantitative estimate of drug-likeness (QED) is 0.508. The molecule has 0 atom stereocenters. The van der Waals surface area contributed by atoms with Crippen LogP contribution in [0.25, 0.3) is 10.9 Å². The van der Waals surface area contributed by atoms with Gasteiger partial charge in [0.2, 0.25) is 0 Å². The van der Waals surface area contributed by atoms with Gasteiger partial charge < -0.3 is 10.2 Å². The van der Waals surface area contributed by atoms with Crippen LogP contribution in [-0.4, -0.2) is 21.4 Å². The topological polar surface area (TPSA) is 77.7 Å². The molecule has 0 saturated heterocycles. The van der Waals surface area contributed by atoms with Crippen LogP contribution in [0.1, 0.15) is 5.56 Å². The number of hydrogen-bond acceptors (Lipinski definition) is 5. The van der Waals surface area contributed by atoms with Crippen molar-refractivity contribution in [1.82, 2.24) is 4.98 Å². The number of benzene rings is 2. The molecule has 2 aromatic carbocycles. The first-order valence-corrected chi connectivity index (χ1v) is 6.39. The lowest BCUT2D eigenvalue weighted by Crippen LogP contribution is -1.94. The van der Waals surface area contributed by atoms with Crippen LogP contribution in [0.2, 0.25) is 0 Å². The Kier molecular flexibility index (Phi) is 3.39. The molecule has 5 nitrogen and oxygen atoms in total. The number of pyridine rings is 1. The summed E-state index contributed by atoms with van der Waals surface area (Å²) in [4.78, 5) is 4.42. The fraction of sp³-hybridized carbons (Fsp3) is 0. The Morgan fingerprint density at radius 2 is 1.86 bits per heavy atom. The van der Waals surface area contributed by atoms with Crippen LogP contribution in [0.4, 0.5) is 5.82 Å². The van der Waals surface area contributed by atoms with Crippen molar-refractivity contribution >= 4 is 22.9 Å². The van der Waals surface area contributed by atoms with E-state index in [1.165, 1.54) is 18.3 Å². The van der Waals surface area contributed by atoms with Crippen molar-refractivity contribution in [3.05, 3.63) is 60.2 Å². The number of phenols is 2. The van der Waals surface area contributed by atoms with Crippen molar-refractivity contribution in [1.29, 1.82) is 0 Å². The van der Waals surface area contributed by atoms with E-state index in [1.54, 1.807) is 6.07 Å².